The van der Waals surface area contributed by atoms with Crippen molar-refractivity contribution in [2.75, 3.05) is 0 Å². The van der Waals surface area contributed by atoms with Crippen LogP contribution in [0.15, 0.2) is 37.1 Å². The van der Waals surface area contributed by atoms with E-state index in [1.165, 1.54) is 0 Å². The van der Waals surface area contributed by atoms with Crippen molar-refractivity contribution in [3.8, 4) is 11.3 Å². The van der Waals surface area contributed by atoms with Crippen molar-refractivity contribution in [2.45, 2.75) is 40.4 Å². The Labute approximate surface area is 162 Å². The number of hydrogen-bond donors (Lipinski definition) is 1. The molecule has 0 aliphatic rings. The fraction of sp³-hybridized carbons (Fsp3) is 0.316. The molecule has 0 radical (unpaired) electrons. The highest BCUT2D eigenvalue weighted by atomic mass is 16.1. The molecule has 0 saturated heterocycles. The molecule has 1 amide bonds. The molecule has 0 aliphatic carbocycles. The summed E-state index contributed by atoms with van der Waals surface area (Å²) in [5.74, 6) is -0.218. The topological polar surface area (TPSA) is 94.9 Å². The van der Waals surface area contributed by atoms with Crippen molar-refractivity contribution >= 4 is 11.6 Å². The average Bonchev–Trinajstić information content (AvgIpc) is 3.43. The molecule has 1 N–H and O–H groups in total. The second kappa shape index (κ2) is 7.26. The molecule has 9 heteroatoms. The monoisotopic (exact) mass is 378 g/mol. The number of hydrogen-bond acceptors (Lipinski definition) is 5. The summed E-state index contributed by atoms with van der Waals surface area (Å²) < 4.78 is 5.39. The molecule has 0 fully saturated rings. The van der Waals surface area contributed by atoms with Crippen LogP contribution in [0.4, 0.5) is 0 Å². The number of nitrogens with one attached hydrogen (secondary N) is 1. The lowest BCUT2D eigenvalue weighted by Gasteiger charge is -2.04. The van der Waals surface area contributed by atoms with Crippen LogP contribution in [0.3, 0.4) is 0 Å². The molecular formula is C19H22N8O. The van der Waals surface area contributed by atoms with Crippen LogP contribution in [0.25, 0.3) is 16.9 Å². The Balaban J connectivity index is 1.62. The minimum absolute atomic E-state index is 0.218. The Kier molecular flexibility index (Phi) is 4.64. The third-order valence-corrected chi connectivity index (χ3v) is 4.66. The van der Waals surface area contributed by atoms with Gasteiger partial charge in [-0.15, -0.1) is 0 Å². The third kappa shape index (κ3) is 3.15. The molecule has 4 heterocycles. The minimum atomic E-state index is -0.218. The van der Waals surface area contributed by atoms with Gasteiger partial charge in [0.1, 0.15) is 5.56 Å². The molecule has 0 spiro atoms. The summed E-state index contributed by atoms with van der Waals surface area (Å²) in [4.78, 5) is 17.1. The van der Waals surface area contributed by atoms with Crippen molar-refractivity contribution in [3.63, 3.8) is 0 Å². The van der Waals surface area contributed by atoms with Crippen molar-refractivity contribution in [2.24, 2.45) is 0 Å². The molecule has 0 atom stereocenters. The molecule has 0 bridgehead atoms. The highest BCUT2D eigenvalue weighted by Gasteiger charge is 2.18. The maximum Gasteiger partial charge on any atom is 0.257 e. The third-order valence-electron chi connectivity index (χ3n) is 4.66. The lowest BCUT2D eigenvalue weighted by Crippen LogP contribution is -2.22. The van der Waals surface area contributed by atoms with Crippen molar-refractivity contribution in [3.05, 3.63) is 53.9 Å². The van der Waals surface area contributed by atoms with E-state index in [-0.39, 0.29) is 5.91 Å². The van der Waals surface area contributed by atoms with E-state index in [1.807, 2.05) is 48.6 Å². The molecule has 144 valence electrons. The molecule has 0 saturated carbocycles. The van der Waals surface area contributed by atoms with Crippen LogP contribution in [0.2, 0.25) is 0 Å². The van der Waals surface area contributed by atoms with Gasteiger partial charge in [0.2, 0.25) is 0 Å². The van der Waals surface area contributed by atoms with Gasteiger partial charge >= 0.3 is 0 Å². The molecule has 28 heavy (non-hydrogen) atoms. The van der Waals surface area contributed by atoms with Crippen molar-refractivity contribution in [1.82, 2.24) is 39.5 Å². The summed E-state index contributed by atoms with van der Waals surface area (Å²) in [7, 11) is 0. The van der Waals surface area contributed by atoms with Crippen LogP contribution < -0.4 is 5.32 Å². The van der Waals surface area contributed by atoms with Gasteiger partial charge in [0, 0.05) is 49.4 Å². The largest absolute Gasteiger partial charge is 0.348 e. The first-order chi connectivity index (χ1) is 13.6. The molecular weight excluding hydrogens is 356 g/mol. The van der Waals surface area contributed by atoms with Gasteiger partial charge in [-0.2, -0.15) is 15.3 Å². The van der Waals surface area contributed by atoms with Gasteiger partial charge < -0.3 is 5.32 Å². The zero-order chi connectivity index (χ0) is 19.7. The predicted molar refractivity (Wildman–Crippen MR) is 104 cm³/mol. The Hall–Kier alpha value is -3.49. The lowest BCUT2D eigenvalue weighted by atomic mass is 10.2. The Morgan fingerprint density at radius 3 is 2.64 bits per heavy atom. The molecule has 4 rings (SSSR count). The Morgan fingerprint density at radius 1 is 1.11 bits per heavy atom. The summed E-state index contributed by atoms with van der Waals surface area (Å²) >= 11 is 0. The average molecular weight is 378 g/mol. The standard InChI is InChI=1S/C19H22N8O/c1-4-25-11-14(9-22-25)8-21-19(28)15-10-23-27-17(6-7-20-18(15)27)16-12-26(5-2)24-13(16)3/h6-7,9-12H,4-5,8H2,1-3H3,(H,21,28). The fourth-order valence-corrected chi connectivity index (χ4v) is 3.14. The van der Waals surface area contributed by atoms with E-state index in [2.05, 4.69) is 25.6 Å². The lowest BCUT2D eigenvalue weighted by molar-refractivity contribution is 0.0952. The van der Waals surface area contributed by atoms with Gasteiger partial charge in [0.25, 0.3) is 5.91 Å². The molecule has 0 aromatic carbocycles. The van der Waals surface area contributed by atoms with Crippen LogP contribution >= 0.6 is 0 Å². The van der Waals surface area contributed by atoms with Crippen LogP contribution in [0, 0.1) is 6.92 Å². The van der Waals surface area contributed by atoms with Gasteiger partial charge in [0.15, 0.2) is 5.65 Å². The van der Waals surface area contributed by atoms with E-state index < -0.39 is 0 Å². The quantitative estimate of drug-likeness (QED) is 0.554. The van der Waals surface area contributed by atoms with E-state index in [0.29, 0.717) is 17.8 Å². The predicted octanol–water partition coefficient (Wildman–Crippen LogP) is 2.07. The zero-order valence-electron chi connectivity index (χ0n) is 16.1. The maximum atomic E-state index is 12.7. The number of amides is 1. The highest BCUT2D eigenvalue weighted by Crippen LogP contribution is 2.23. The summed E-state index contributed by atoms with van der Waals surface area (Å²) in [6, 6.07) is 1.88. The number of aromatic nitrogens is 7. The number of fused-ring (bicyclic) bond motifs is 1. The summed E-state index contributed by atoms with van der Waals surface area (Å²) in [6.45, 7) is 8.00. The van der Waals surface area contributed by atoms with E-state index in [0.717, 1.165) is 35.6 Å². The van der Waals surface area contributed by atoms with Gasteiger partial charge in [0.05, 0.1) is 23.8 Å². The molecule has 4 aromatic rings. The maximum absolute atomic E-state index is 12.7. The number of aryl methyl sites for hydroxylation is 3. The number of nitrogens with zero attached hydrogens (tertiary/aromatic N) is 7. The van der Waals surface area contributed by atoms with Crippen LogP contribution in [-0.2, 0) is 19.6 Å². The highest BCUT2D eigenvalue weighted by molar-refractivity contribution is 5.99. The normalized spacial score (nSPS) is 11.2. The van der Waals surface area contributed by atoms with Gasteiger partial charge in [-0.1, -0.05) is 0 Å². The van der Waals surface area contributed by atoms with Crippen molar-refractivity contribution < 1.29 is 4.79 Å². The molecule has 4 aromatic heterocycles. The first-order valence-corrected chi connectivity index (χ1v) is 9.27. The second-order valence-electron chi connectivity index (χ2n) is 6.49. The van der Waals surface area contributed by atoms with E-state index in [1.54, 1.807) is 23.1 Å². The van der Waals surface area contributed by atoms with E-state index in [9.17, 15) is 4.79 Å². The number of carbonyl (C=O) groups excluding carboxylic acids is 1. The first-order valence-electron chi connectivity index (χ1n) is 9.27. The van der Waals surface area contributed by atoms with Gasteiger partial charge in [-0.25, -0.2) is 9.50 Å². The number of rotatable bonds is 6. The molecule has 0 unspecified atom stereocenters. The van der Waals surface area contributed by atoms with Crippen LogP contribution in [0.5, 0.6) is 0 Å². The Bertz CT molecular complexity index is 1140. The summed E-state index contributed by atoms with van der Waals surface area (Å²) in [5.41, 5.74) is 4.63. The smallest absolute Gasteiger partial charge is 0.257 e. The first kappa shape index (κ1) is 17.9. The summed E-state index contributed by atoms with van der Waals surface area (Å²) in [6.07, 6.45) is 8.90. The number of carbonyl (C=O) groups is 1. The van der Waals surface area contributed by atoms with Crippen molar-refractivity contribution in [1.29, 1.82) is 0 Å². The van der Waals surface area contributed by atoms with E-state index in [4.69, 9.17) is 0 Å². The second-order valence-corrected chi connectivity index (χ2v) is 6.49. The van der Waals surface area contributed by atoms with Crippen LogP contribution in [-0.4, -0.2) is 40.1 Å². The van der Waals surface area contributed by atoms with Crippen LogP contribution in [0.1, 0.15) is 35.5 Å². The fourth-order valence-electron chi connectivity index (χ4n) is 3.14. The van der Waals surface area contributed by atoms with Gasteiger partial charge in [-0.3, -0.25) is 14.2 Å². The summed E-state index contributed by atoms with van der Waals surface area (Å²) in [5, 5.41) is 16.0. The molecule has 9 nitrogen and oxygen atoms in total. The minimum Gasteiger partial charge on any atom is -0.348 e. The zero-order valence-corrected chi connectivity index (χ0v) is 16.1. The van der Waals surface area contributed by atoms with Gasteiger partial charge in [-0.05, 0) is 26.8 Å². The SMILES string of the molecule is CCn1cc(CNC(=O)c2cnn3c(-c4cn(CC)nc4C)ccnc23)cn1. The Morgan fingerprint density at radius 2 is 1.93 bits per heavy atom. The molecule has 0 aliphatic heterocycles. The van der Waals surface area contributed by atoms with E-state index >= 15 is 0 Å².